The molecule has 1 aromatic rings. The van der Waals surface area contributed by atoms with E-state index in [-0.39, 0.29) is 0 Å². The molecule has 0 unspecified atom stereocenters. The molecule has 1 aromatic carbocycles. The zero-order valence-corrected chi connectivity index (χ0v) is 11.3. The molecular weight excluding hydrogens is 262 g/mol. The number of hydrogen-bond acceptors (Lipinski definition) is 1. The van der Waals surface area contributed by atoms with Crippen LogP contribution >= 0.6 is 15.9 Å². The second kappa shape index (κ2) is 4.98. The molecule has 0 aromatic heterocycles. The van der Waals surface area contributed by atoms with Crippen LogP contribution in [-0.2, 0) is 13.0 Å². The third kappa shape index (κ3) is 2.00. The van der Waals surface area contributed by atoms with Crippen LogP contribution in [0.1, 0.15) is 22.3 Å². The van der Waals surface area contributed by atoms with Crippen molar-refractivity contribution in [1.82, 2.24) is 5.32 Å². The molecule has 0 spiro atoms. The van der Waals surface area contributed by atoms with Gasteiger partial charge in [0.15, 0.2) is 0 Å². The monoisotopic (exact) mass is 277 g/mol. The molecule has 1 aliphatic carbocycles. The van der Waals surface area contributed by atoms with Crippen LogP contribution < -0.4 is 5.32 Å². The molecule has 2 heteroatoms. The normalized spacial score (nSPS) is 16.6. The largest absolute Gasteiger partial charge is 0.316 e. The molecule has 0 radical (unpaired) electrons. The van der Waals surface area contributed by atoms with Crippen LogP contribution in [-0.4, -0.2) is 7.05 Å². The Labute approximate surface area is 105 Å². The summed E-state index contributed by atoms with van der Waals surface area (Å²) < 4.78 is 0. The van der Waals surface area contributed by atoms with Gasteiger partial charge < -0.3 is 5.32 Å². The summed E-state index contributed by atoms with van der Waals surface area (Å²) >= 11 is 3.46. The predicted octanol–water partition coefficient (Wildman–Crippen LogP) is 3.56. The Hall–Kier alpha value is -0.860. The van der Waals surface area contributed by atoms with Crippen LogP contribution in [0.4, 0.5) is 0 Å². The lowest BCUT2D eigenvalue weighted by Crippen LogP contribution is -2.11. The molecule has 1 N–H and O–H groups in total. The molecule has 0 heterocycles. The number of allylic oxidation sites excluding steroid dienone is 3. The molecule has 0 fully saturated rings. The first-order valence-corrected chi connectivity index (χ1v) is 6.42. The number of halogens is 1. The topological polar surface area (TPSA) is 12.0 Å². The first kappa shape index (κ1) is 11.6. The number of benzene rings is 1. The maximum absolute atomic E-state index is 3.46. The third-order valence-electron chi connectivity index (χ3n) is 3.03. The van der Waals surface area contributed by atoms with E-state index in [1.165, 1.54) is 27.8 Å². The van der Waals surface area contributed by atoms with Gasteiger partial charge in [0, 0.05) is 6.54 Å². The van der Waals surface area contributed by atoms with Gasteiger partial charge in [-0.1, -0.05) is 40.2 Å². The molecule has 1 aliphatic rings. The van der Waals surface area contributed by atoms with Crippen molar-refractivity contribution in [3.8, 4) is 0 Å². The first-order valence-electron chi connectivity index (χ1n) is 5.51. The van der Waals surface area contributed by atoms with E-state index in [2.05, 4.69) is 52.5 Å². The fraction of sp³-hybridized carbons (Fsp3) is 0.286. The van der Waals surface area contributed by atoms with Gasteiger partial charge in [-0.25, -0.2) is 0 Å². The maximum Gasteiger partial charge on any atom is 0.0208 e. The Morgan fingerprint density at radius 2 is 2.25 bits per heavy atom. The molecule has 0 saturated heterocycles. The van der Waals surface area contributed by atoms with Crippen LogP contribution in [0.2, 0.25) is 0 Å². The summed E-state index contributed by atoms with van der Waals surface area (Å²) in [5.74, 6) is 0. The van der Waals surface area contributed by atoms with Crippen molar-refractivity contribution < 1.29 is 0 Å². The Bertz CT molecular complexity index is 458. The molecule has 16 heavy (non-hydrogen) atoms. The smallest absolute Gasteiger partial charge is 0.0208 e. The highest BCUT2D eigenvalue weighted by Crippen LogP contribution is 2.32. The van der Waals surface area contributed by atoms with Gasteiger partial charge in [0.2, 0.25) is 0 Å². The van der Waals surface area contributed by atoms with Crippen molar-refractivity contribution >= 4 is 21.5 Å². The van der Waals surface area contributed by atoms with Gasteiger partial charge in [0.05, 0.1) is 0 Å². The summed E-state index contributed by atoms with van der Waals surface area (Å²) in [7, 11) is 1.99. The van der Waals surface area contributed by atoms with Gasteiger partial charge in [0.1, 0.15) is 0 Å². The average Bonchev–Trinajstić information content (AvgIpc) is 2.32. The Kier molecular flexibility index (Phi) is 3.62. The number of aryl methyl sites for hydroxylation is 1. The Morgan fingerprint density at radius 3 is 2.94 bits per heavy atom. The van der Waals surface area contributed by atoms with Crippen molar-refractivity contribution in [2.24, 2.45) is 0 Å². The Morgan fingerprint density at radius 1 is 1.44 bits per heavy atom. The number of fused-ring (bicyclic) bond motifs is 1. The standard InChI is InChI=1S/C14H16BrN/c1-10-6-7-12(9-16-2)14-11(8-15)4-3-5-13(10)14/h3-4,6-8,16H,5,9H2,1-2H3/b11-8+. The molecule has 0 bridgehead atoms. The van der Waals surface area contributed by atoms with E-state index in [0.717, 1.165) is 13.0 Å². The van der Waals surface area contributed by atoms with E-state index in [1.807, 2.05) is 12.0 Å². The van der Waals surface area contributed by atoms with E-state index in [0.29, 0.717) is 0 Å². The number of rotatable bonds is 2. The summed E-state index contributed by atoms with van der Waals surface area (Å²) in [5.41, 5.74) is 6.88. The van der Waals surface area contributed by atoms with Crippen LogP contribution in [0.5, 0.6) is 0 Å². The minimum absolute atomic E-state index is 0.917. The summed E-state index contributed by atoms with van der Waals surface area (Å²) in [5, 5.41) is 3.23. The predicted molar refractivity (Wildman–Crippen MR) is 73.7 cm³/mol. The van der Waals surface area contributed by atoms with E-state index in [9.17, 15) is 0 Å². The fourth-order valence-electron chi connectivity index (χ4n) is 2.24. The second-order valence-corrected chi connectivity index (χ2v) is 4.55. The van der Waals surface area contributed by atoms with Crippen molar-refractivity contribution in [3.05, 3.63) is 51.5 Å². The van der Waals surface area contributed by atoms with Crippen LogP contribution in [0.15, 0.2) is 29.3 Å². The average molecular weight is 278 g/mol. The zero-order chi connectivity index (χ0) is 11.5. The lowest BCUT2D eigenvalue weighted by Gasteiger charge is -2.20. The lowest BCUT2D eigenvalue weighted by molar-refractivity contribution is 0.813. The molecule has 0 amide bonds. The molecule has 0 aliphatic heterocycles. The minimum atomic E-state index is 0.917. The van der Waals surface area contributed by atoms with E-state index < -0.39 is 0 Å². The number of nitrogens with one attached hydrogen (secondary N) is 1. The van der Waals surface area contributed by atoms with E-state index in [4.69, 9.17) is 0 Å². The van der Waals surface area contributed by atoms with E-state index in [1.54, 1.807) is 0 Å². The first-order chi connectivity index (χ1) is 7.77. The highest BCUT2D eigenvalue weighted by atomic mass is 79.9. The van der Waals surface area contributed by atoms with Gasteiger partial charge in [0.25, 0.3) is 0 Å². The van der Waals surface area contributed by atoms with Gasteiger partial charge >= 0.3 is 0 Å². The lowest BCUT2D eigenvalue weighted by atomic mass is 9.86. The van der Waals surface area contributed by atoms with Crippen LogP contribution in [0, 0.1) is 6.92 Å². The highest BCUT2D eigenvalue weighted by molar-refractivity contribution is 9.11. The number of hydrogen-bond donors (Lipinski definition) is 1. The molecule has 2 rings (SSSR count). The fourth-order valence-corrected chi connectivity index (χ4v) is 2.62. The van der Waals surface area contributed by atoms with Crippen LogP contribution in [0.25, 0.3) is 5.57 Å². The zero-order valence-electron chi connectivity index (χ0n) is 9.68. The molecule has 84 valence electrons. The van der Waals surface area contributed by atoms with Gasteiger partial charge in [-0.3, -0.25) is 0 Å². The van der Waals surface area contributed by atoms with Crippen molar-refractivity contribution in [3.63, 3.8) is 0 Å². The Balaban J connectivity index is 2.61. The summed E-state index contributed by atoms with van der Waals surface area (Å²) in [6, 6.07) is 4.44. The van der Waals surface area contributed by atoms with Crippen molar-refractivity contribution in [1.29, 1.82) is 0 Å². The maximum atomic E-state index is 3.46. The van der Waals surface area contributed by atoms with Crippen molar-refractivity contribution in [2.75, 3.05) is 7.05 Å². The second-order valence-electron chi connectivity index (χ2n) is 4.10. The van der Waals surface area contributed by atoms with Crippen molar-refractivity contribution in [2.45, 2.75) is 19.9 Å². The summed E-state index contributed by atoms with van der Waals surface area (Å²) in [4.78, 5) is 2.01. The third-order valence-corrected chi connectivity index (χ3v) is 3.52. The van der Waals surface area contributed by atoms with Gasteiger partial charge in [-0.2, -0.15) is 0 Å². The molecular formula is C14H16BrN. The van der Waals surface area contributed by atoms with Gasteiger partial charge in [-0.05, 0) is 53.2 Å². The van der Waals surface area contributed by atoms with Crippen LogP contribution in [0.3, 0.4) is 0 Å². The summed E-state index contributed by atoms with van der Waals surface area (Å²) in [6.45, 7) is 3.10. The summed E-state index contributed by atoms with van der Waals surface area (Å²) in [6.07, 6.45) is 5.46. The highest BCUT2D eigenvalue weighted by Gasteiger charge is 2.15. The molecule has 0 saturated carbocycles. The molecule has 1 nitrogen and oxygen atoms in total. The SMILES string of the molecule is CNCc1ccc(C)c2c1/C(=C/Br)C=CC2. The molecule has 0 atom stereocenters. The quantitative estimate of drug-likeness (QED) is 0.872. The van der Waals surface area contributed by atoms with E-state index >= 15 is 0 Å². The van der Waals surface area contributed by atoms with Gasteiger partial charge in [-0.15, -0.1) is 0 Å². The minimum Gasteiger partial charge on any atom is -0.316 e.